The van der Waals surface area contributed by atoms with Crippen LogP contribution in [0.3, 0.4) is 0 Å². The number of rotatable bonds is 7. The molecule has 0 aliphatic heterocycles. The summed E-state index contributed by atoms with van der Waals surface area (Å²) in [6.45, 7) is 3.96. The number of hydrogen-bond acceptors (Lipinski definition) is 4. The molecule has 0 saturated heterocycles. The minimum Gasteiger partial charge on any atom is -0.467 e. The second kappa shape index (κ2) is 8.56. The van der Waals surface area contributed by atoms with Crippen molar-refractivity contribution in [2.45, 2.75) is 57.6 Å². The molecule has 1 N–H and O–H groups in total. The smallest absolute Gasteiger partial charge is 0.408 e. The van der Waals surface area contributed by atoms with E-state index in [1.54, 1.807) is 0 Å². The Bertz CT molecular complexity index is 613. The molecule has 0 radical (unpaired) electrons. The lowest BCUT2D eigenvalue weighted by Gasteiger charge is -2.41. The van der Waals surface area contributed by atoms with E-state index < -0.39 is 23.7 Å². The van der Waals surface area contributed by atoms with Gasteiger partial charge in [-0.25, -0.2) is 9.59 Å². The first kappa shape index (κ1) is 19.6. The normalized spacial score (nSPS) is 16.7. The van der Waals surface area contributed by atoms with E-state index in [1.807, 2.05) is 38.1 Å². The summed E-state index contributed by atoms with van der Waals surface area (Å²) < 4.78 is 10.5. The van der Waals surface area contributed by atoms with Crippen molar-refractivity contribution in [3.8, 4) is 0 Å². The third-order valence-corrected chi connectivity index (χ3v) is 4.71. The van der Waals surface area contributed by atoms with E-state index in [1.165, 1.54) is 7.11 Å². The average molecular weight is 368 g/mol. The molecule has 1 amide bonds. The highest BCUT2D eigenvalue weighted by atomic mass is 35.5. The Morgan fingerprint density at radius 1 is 1.32 bits per heavy atom. The van der Waals surface area contributed by atoms with Crippen LogP contribution in [-0.4, -0.2) is 30.8 Å². The summed E-state index contributed by atoms with van der Waals surface area (Å²) in [6.07, 6.45) is 3.18. The first-order valence-corrected chi connectivity index (χ1v) is 9.03. The number of carbonyl (C=O) groups is 2. The van der Waals surface area contributed by atoms with Crippen LogP contribution in [0.4, 0.5) is 4.79 Å². The fourth-order valence-electron chi connectivity index (χ4n) is 3.10. The van der Waals surface area contributed by atoms with Crippen molar-refractivity contribution in [3.05, 3.63) is 34.9 Å². The molecule has 1 aromatic rings. The zero-order valence-electron chi connectivity index (χ0n) is 15.0. The third kappa shape index (κ3) is 5.63. The van der Waals surface area contributed by atoms with Crippen molar-refractivity contribution in [3.63, 3.8) is 0 Å². The minimum atomic E-state index is -0.694. The van der Waals surface area contributed by atoms with Gasteiger partial charge in [0.25, 0.3) is 0 Å². The average Bonchev–Trinajstić information content (AvgIpc) is 2.51. The number of esters is 1. The lowest BCUT2D eigenvalue weighted by Crippen LogP contribution is -2.50. The van der Waals surface area contributed by atoms with Crippen molar-refractivity contribution in [2.75, 3.05) is 7.11 Å². The summed E-state index contributed by atoms with van der Waals surface area (Å²) in [4.78, 5) is 24.2. The van der Waals surface area contributed by atoms with Gasteiger partial charge in [-0.05, 0) is 49.3 Å². The summed E-state index contributed by atoms with van der Waals surface area (Å²) in [7, 11) is 1.31. The summed E-state index contributed by atoms with van der Waals surface area (Å²) in [5, 5.41) is 3.32. The van der Waals surface area contributed by atoms with E-state index in [0.29, 0.717) is 17.9 Å². The standard InChI is InChI=1S/C19H26ClNO4/c1-13(2)10-16(17(22)24-3)21-18(23)25-19(8-5-9-19)12-14-6-4-7-15(20)11-14/h4,6-7,11,13,16H,5,8-10,12H2,1-3H3,(H,21,23)/t16-/m0/s1. The van der Waals surface area contributed by atoms with Crippen LogP contribution in [0.1, 0.15) is 45.1 Å². The minimum absolute atomic E-state index is 0.244. The van der Waals surface area contributed by atoms with Crippen LogP contribution in [0.2, 0.25) is 5.02 Å². The third-order valence-electron chi connectivity index (χ3n) is 4.47. The van der Waals surface area contributed by atoms with Crippen molar-refractivity contribution in [1.82, 2.24) is 5.32 Å². The van der Waals surface area contributed by atoms with Crippen LogP contribution in [0, 0.1) is 5.92 Å². The van der Waals surface area contributed by atoms with Gasteiger partial charge in [0.1, 0.15) is 11.6 Å². The first-order valence-electron chi connectivity index (χ1n) is 8.65. The Morgan fingerprint density at radius 3 is 2.56 bits per heavy atom. The lowest BCUT2D eigenvalue weighted by atomic mass is 9.76. The molecule has 0 spiro atoms. The van der Waals surface area contributed by atoms with Gasteiger partial charge in [-0.15, -0.1) is 0 Å². The van der Waals surface area contributed by atoms with Gasteiger partial charge >= 0.3 is 12.1 Å². The number of nitrogens with one attached hydrogen (secondary N) is 1. The maximum Gasteiger partial charge on any atom is 0.408 e. The van der Waals surface area contributed by atoms with E-state index in [9.17, 15) is 9.59 Å². The molecule has 2 rings (SSSR count). The van der Waals surface area contributed by atoms with E-state index in [2.05, 4.69) is 5.32 Å². The summed E-state index contributed by atoms with van der Waals surface area (Å²) >= 11 is 6.04. The van der Waals surface area contributed by atoms with Crippen LogP contribution >= 0.6 is 11.6 Å². The van der Waals surface area contributed by atoms with E-state index >= 15 is 0 Å². The molecule has 1 aliphatic rings. The number of alkyl carbamates (subject to hydrolysis) is 1. The van der Waals surface area contributed by atoms with Crippen molar-refractivity contribution >= 4 is 23.7 Å². The van der Waals surface area contributed by atoms with Gasteiger partial charge < -0.3 is 14.8 Å². The summed E-state index contributed by atoms with van der Waals surface area (Å²) in [5.74, 6) is -0.211. The van der Waals surface area contributed by atoms with E-state index in [4.69, 9.17) is 21.1 Å². The van der Waals surface area contributed by atoms with Gasteiger partial charge in [-0.1, -0.05) is 37.6 Å². The van der Waals surface area contributed by atoms with Gasteiger partial charge in [-0.3, -0.25) is 0 Å². The molecule has 6 heteroatoms. The fraction of sp³-hybridized carbons (Fsp3) is 0.579. The molecule has 1 atom stereocenters. The molecule has 5 nitrogen and oxygen atoms in total. The van der Waals surface area contributed by atoms with Crippen LogP contribution in [0.25, 0.3) is 0 Å². The maximum atomic E-state index is 12.4. The number of carbonyl (C=O) groups excluding carboxylic acids is 2. The Hall–Kier alpha value is -1.75. The molecule has 0 aromatic heterocycles. The fourth-order valence-corrected chi connectivity index (χ4v) is 3.31. The van der Waals surface area contributed by atoms with Gasteiger partial charge in [0.15, 0.2) is 0 Å². The molecular formula is C19H26ClNO4. The molecular weight excluding hydrogens is 342 g/mol. The van der Waals surface area contributed by atoms with Crippen LogP contribution in [0.5, 0.6) is 0 Å². The molecule has 0 bridgehead atoms. The number of hydrogen-bond donors (Lipinski definition) is 1. The number of amides is 1. The topological polar surface area (TPSA) is 64.6 Å². The van der Waals surface area contributed by atoms with E-state index in [0.717, 1.165) is 24.8 Å². The molecule has 138 valence electrons. The molecule has 25 heavy (non-hydrogen) atoms. The highest BCUT2D eigenvalue weighted by Gasteiger charge is 2.41. The maximum absolute atomic E-state index is 12.4. The second-order valence-corrected chi connectivity index (χ2v) is 7.52. The highest BCUT2D eigenvalue weighted by molar-refractivity contribution is 6.30. The predicted molar refractivity (Wildman–Crippen MR) is 96.6 cm³/mol. The largest absolute Gasteiger partial charge is 0.467 e. The van der Waals surface area contributed by atoms with E-state index in [-0.39, 0.29) is 5.92 Å². The molecule has 0 heterocycles. The first-order chi connectivity index (χ1) is 11.8. The van der Waals surface area contributed by atoms with Crippen molar-refractivity contribution in [2.24, 2.45) is 5.92 Å². The second-order valence-electron chi connectivity index (χ2n) is 7.08. The molecule has 0 unspecified atom stereocenters. The predicted octanol–water partition coefficient (Wildman–Crippen LogP) is 4.12. The Kier molecular flexibility index (Phi) is 6.71. The SMILES string of the molecule is COC(=O)[C@H](CC(C)C)NC(=O)OC1(Cc2cccc(Cl)c2)CCC1. The van der Waals surface area contributed by atoms with Crippen LogP contribution < -0.4 is 5.32 Å². The van der Waals surface area contributed by atoms with Gasteiger partial charge in [0.2, 0.25) is 0 Å². The van der Waals surface area contributed by atoms with Crippen molar-refractivity contribution < 1.29 is 19.1 Å². The quantitative estimate of drug-likeness (QED) is 0.736. The van der Waals surface area contributed by atoms with Gasteiger partial charge in [0.05, 0.1) is 7.11 Å². The molecule has 1 aliphatic carbocycles. The van der Waals surface area contributed by atoms with Crippen LogP contribution in [-0.2, 0) is 20.7 Å². The number of methoxy groups -OCH3 is 1. The monoisotopic (exact) mass is 367 g/mol. The van der Waals surface area contributed by atoms with Crippen LogP contribution in [0.15, 0.2) is 24.3 Å². The zero-order chi connectivity index (χ0) is 18.4. The lowest BCUT2D eigenvalue weighted by molar-refractivity contribution is -0.143. The van der Waals surface area contributed by atoms with Crippen molar-refractivity contribution in [1.29, 1.82) is 0 Å². The molecule has 1 aromatic carbocycles. The Balaban J connectivity index is 1.99. The highest BCUT2D eigenvalue weighted by Crippen LogP contribution is 2.39. The number of halogens is 1. The molecule has 1 fully saturated rings. The number of ether oxygens (including phenoxy) is 2. The van der Waals surface area contributed by atoms with Gasteiger partial charge in [-0.2, -0.15) is 0 Å². The zero-order valence-corrected chi connectivity index (χ0v) is 15.8. The Morgan fingerprint density at radius 2 is 2.04 bits per heavy atom. The van der Waals surface area contributed by atoms with Gasteiger partial charge in [0, 0.05) is 11.4 Å². The number of benzene rings is 1. The summed E-state index contributed by atoms with van der Waals surface area (Å²) in [6, 6.07) is 6.88. The Labute approximate surface area is 154 Å². The molecule has 1 saturated carbocycles. The summed E-state index contributed by atoms with van der Waals surface area (Å²) in [5.41, 5.74) is 0.513.